The number of hydrogen-bond donors (Lipinski definition) is 3. The first-order valence-corrected chi connectivity index (χ1v) is 6.65. The van der Waals surface area contributed by atoms with Crippen molar-refractivity contribution in [3.8, 4) is 0 Å². The number of amides is 2. The van der Waals surface area contributed by atoms with Crippen LogP contribution < -0.4 is 10.6 Å². The van der Waals surface area contributed by atoms with E-state index in [1.54, 1.807) is 24.3 Å². The lowest BCUT2D eigenvalue weighted by Crippen LogP contribution is -2.27. The second kappa shape index (κ2) is 7.05. The fourth-order valence-electron chi connectivity index (χ4n) is 1.42. The van der Waals surface area contributed by atoms with Gasteiger partial charge < -0.3 is 15.7 Å². The molecule has 5 heteroatoms. The maximum atomic E-state index is 11.8. The number of carbonyl (C=O) groups is 2. The first-order chi connectivity index (χ1) is 9.32. The highest BCUT2D eigenvalue weighted by Crippen LogP contribution is 2.19. The molecule has 0 unspecified atom stereocenters. The van der Waals surface area contributed by atoms with E-state index in [9.17, 15) is 9.59 Å². The van der Waals surface area contributed by atoms with Crippen molar-refractivity contribution in [3.63, 3.8) is 0 Å². The Bertz CT molecular complexity index is 461. The van der Waals surface area contributed by atoms with Crippen molar-refractivity contribution in [2.45, 2.75) is 33.6 Å². The second-order valence-electron chi connectivity index (χ2n) is 5.66. The van der Waals surface area contributed by atoms with Crippen LogP contribution in [-0.2, 0) is 9.59 Å². The average molecular weight is 278 g/mol. The van der Waals surface area contributed by atoms with E-state index >= 15 is 0 Å². The highest BCUT2D eigenvalue weighted by atomic mass is 16.3. The Hall–Kier alpha value is -1.88. The molecule has 2 amide bonds. The van der Waals surface area contributed by atoms with Crippen LogP contribution in [0.5, 0.6) is 0 Å². The van der Waals surface area contributed by atoms with Crippen molar-refractivity contribution < 1.29 is 14.7 Å². The molecule has 20 heavy (non-hydrogen) atoms. The zero-order valence-electron chi connectivity index (χ0n) is 12.2. The summed E-state index contributed by atoms with van der Waals surface area (Å²) in [6, 6.07) is 6.95. The summed E-state index contributed by atoms with van der Waals surface area (Å²) in [7, 11) is 0. The number of rotatable bonds is 5. The van der Waals surface area contributed by atoms with E-state index in [1.807, 2.05) is 20.8 Å². The van der Waals surface area contributed by atoms with Gasteiger partial charge in [-0.25, -0.2) is 0 Å². The summed E-state index contributed by atoms with van der Waals surface area (Å²) in [5.74, 6) is -0.192. The maximum absolute atomic E-state index is 11.8. The molecule has 0 aromatic heterocycles. The molecule has 5 nitrogen and oxygen atoms in total. The Morgan fingerprint density at radius 2 is 1.55 bits per heavy atom. The summed E-state index contributed by atoms with van der Waals surface area (Å²) >= 11 is 0. The van der Waals surface area contributed by atoms with Gasteiger partial charge in [-0.3, -0.25) is 9.59 Å². The molecule has 0 aliphatic rings. The Morgan fingerprint density at radius 3 is 2.00 bits per heavy atom. The third kappa shape index (κ3) is 5.40. The molecule has 0 spiro atoms. The number of aliphatic hydroxyl groups is 1. The van der Waals surface area contributed by atoms with Gasteiger partial charge in [0.05, 0.1) is 0 Å². The van der Waals surface area contributed by atoms with Crippen LogP contribution in [0.3, 0.4) is 0 Å². The lowest BCUT2D eigenvalue weighted by Gasteiger charge is -2.17. The van der Waals surface area contributed by atoms with Gasteiger partial charge in [0, 0.05) is 29.8 Å². The molecule has 110 valence electrons. The monoisotopic (exact) mass is 278 g/mol. The molecule has 0 radical (unpaired) electrons. The van der Waals surface area contributed by atoms with E-state index in [1.165, 1.54) is 0 Å². The molecule has 0 fully saturated rings. The largest absolute Gasteiger partial charge is 0.396 e. The summed E-state index contributed by atoms with van der Waals surface area (Å²) in [5, 5.41) is 14.2. The zero-order chi connectivity index (χ0) is 15.2. The normalized spacial score (nSPS) is 11.0. The van der Waals surface area contributed by atoms with Gasteiger partial charge in [-0.1, -0.05) is 20.8 Å². The molecule has 0 bridgehead atoms. The third-order valence-electron chi connectivity index (χ3n) is 2.67. The van der Waals surface area contributed by atoms with Crippen LogP contribution in [-0.4, -0.2) is 23.5 Å². The van der Waals surface area contributed by atoms with E-state index in [2.05, 4.69) is 10.6 Å². The van der Waals surface area contributed by atoms with Crippen LogP contribution >= 0.6 is 0 Å². The van der Waals surface area contributed by atoms with Crippen molar-refractivity contribution in [3.05, 3.63) is 24.3 Å². The number of nitrogens with one attached hydrogen (secondary N) is 2. The summed E-state index contributed by atoms with van der Waals surface area (Å²) in [5.41, 5.74) is 0.914. The fraction of sp³-hybridized carbons (Fsp3) is 0.467. The highest BCUT2D eigenvalue weighted by molar-refractivity contribution is 5.95. The van der Waals surface area contributed by atoms with Crippen molar-refractivity contribution in [1.82, 2.24) is 0 Å². The first kappa shape index (κ1) is 16.2. The van der Waals surface area contributed by atoms with Gasteiger partial charge in [-0.05, 0) is 30.7 Å². The number of carbonyl (C=O) groups excluding carboxylic acids is 2. The fourth-order valence-corrected chi connectivity index (χ4v) is 1.42. The SMILES string of the molecule is CC(C)(C)C(=O)Nc1ccc(NC(=O)CCCO)cc1. The van der Waals surface area contributed by atoms with Gasteiger partial charge in [0.1, 0.15) is 0 Å². The van der Waals surface area contributed by atoms with Gasteiger partial charge in [0.25, 0.3) is 0 Å². The van der Waals surface area contributed by atoms with Crippen molar-refractivity contribution in [2.24, 2.45) is 5.41 Å². The van der Waals surface area contributed by atoms with Crippen LogP contribution in [0.2, 0.25) is 0 Å². The topological polar surface area (TPSA) is 78.4 Å². The Balaban J connectivity index is 2.56. The molecule has 1 rings (SSSR count). The molecule has 0 heterocycles. The smallest absolute Gasteiger partial charge is 0.229 e. The van der Waals surface area contributed by atoms with Crippen LogP contribution in [0.4, 0.5) is 11.4 Å². The van der Waals surface area contributed by atoms with E-state index in [-0.39, 0.29) is 18.4 Å². The predicted molar refractivity (Wildman–Crippen MR) is 79.5 cm³/mol. The Kier molecular flexibility index (Phi) is 5.70. The quantitative estimate of drug-likeness (QED) is 0.773. The Labute approximate surface area is 119 Å². The van der Waals surface area contributed by atoms with Gasteiger partial charge in [-0.15, -0.1) is 0 Å². The molecule has 0 saturated heterocycles. The molecule has 0 aliphatic heterocycles. The average Bonchev–Trinajstić information content (AvgIpc) is 2.37. The summed E-state index contributed by atoms with van der Waals surface area (Å²) < 4.78 is 0. The van der Waals surface area contributed by atoms with Gasteiger partial charge in [0.2, 0.25) is 11.8 Å². The van der Waals surface area contributed by atoms with Crippen molar-refractivity contribution >= 4 is 23.2 Å². The minimum absolute atomic E-state index is 0.00515. The molecule has 0 atom stereocenters. The van der Waals surface area contributed by atoms with E-state index < -0.39 is 5.41 Å². The van der Waals surface area contributed by atoms with Crippen LogP contribution in [0.1, 0.15) is 33.6 Å². The van der Waals surface area contributed by atoms with E-state index in [0.717, 1.165) is 0 Å². The standard InChI is InChI=1S/C15H22N2O3/c1-15(2,3)14(20)17-12-8-6-11(7-9-12)16-13(19)5-4-10-18/h6-9,18H,4-5,10H2,1-3H3,(H,16,19)(H,17,20). The van der Waals surface area contributed by atoms with E-state index in [4.69, 9.17) is 5.11 Å². The molecule has 3 N–H and O–H groups in total. The Morgan fingerprint density at radius 1 is 1.05 bits per heavy atom. The highest BCUT2D eigenvalue weighted by Gasteiger charge is 2.20. The minimum Gasteiger partial charge on any atom is -0.396 e. The van der Waals surface area contributed by atoms with Crippen LogP contribution in [0.25, 0.3) is 0 Å². The molecule has 1 aromatic rings. The summed E-state index contributed by atoms with van der Waals surface area (Å²) in [6.07, 6.45) is 0.741. The first-order valence-electron chi connectivity index (χ1n) is 6.65. The lowest BCUT2D eigenvalue weighted by atomic mass is 9.95. The van der Waals surface area contributed by atoms with Gasteiger partial charge in [-0.2, -0.15) is 0 Å². The maximum Gasteiger partial charge on any atom is 0.229 e. The number of anilines is 2. The lowest BCUT2D eigenvalue weighted by molar-refractivity contribution is -0.123. The second-order valence-corrected chi connectivity index (χ2v) is 5.66. The van der Waals surface area contributed by atoms with Gasteiger partial charge in [0.15, 0.2) is 0 Å². The third-order valence-corrected chi connectivity index (χ3v) is 2.67. The number of hydrogen-bond acceptors (Lipinski definition) is 3. The van der Waals surface area contributed by atoms with Crippen molar-refractivity contribution in [2.75, 3.05) is 17.2 Å². The number of benzene rings is 1. The summed E-state index contributed by atoms with van der Waals surface area (Å²) in [4.78, 5) is 23.3. The zero-order valence-corrected chi connectivity index (χ0v) is 12.2. The minimum atomic E-state index is -0.447. The van der Waals surface area contributed by atoms with Crippen LogP contribution in [0.15, 0.2) is 24.3 Å². The molecule has 1 aromatic carbocycles. The van der Waals surface area contributed by atoms with E-state index in [0.29, 0.717) is 24.2 Å². The van der Waals surface area contributed by atoms with Gasteiger partial charge >= 0.3 is 0 Å². The van der Waals surface area contributed by atoms with Crippen molar-refractivity contribution in [1.29, 1.82) is 0 Å². The van der Waals surface area contributed by atoms with Crippen LogP contribution in [0, 0.1) is 5.41 Å². The molecule has 0 saturated carbocycles. The molecular weight excluding hydrogens is 256 g/mol. The summed E-state index contributed by atoms with van der Waals surface area (Å²) in [6.45, 7) is 5.54. The number of aliphatic hydroxyl groups excluding tert-OH is 1. The predicted octanol–water partition coefficient (Wildman–Crippen LogP) is 2.38. The molecule has 0 aliphatic carbocycles. The molecular formula is C15H22N2O3.